The molecule has 5 nitrogen and oxygen atoms in total. The van der Waals surface area contributed by atoms with Crippen molar-refractivity contribution in [3.8, 4) is 5.75 Å². The van der Waals surface area contributed by atoms with Crippen molar-refractivity contribution < 1.29 is 14.3 Å². The number of carbonyl (C=O) groups excluding carboxylic acids is 1. The second kappa shape index (κ2) is 5.64. The standard InChI is InChI=1S/C16H24N2O3/c1-15(2)13(10-16(15,3)21-5)18-14(19)9-11-12(20-4)7-6-8-17-11/h6-8,13H,9-10H2,1-5H3,(H,18,19)/t13-,16+/m0/s1. The number of rotatable bonds is 5. The summed E-state index contributed by atoms with van der Waals surface area (Å²) in [4.78, 5) is 16.4. The van der Waals surface area contributed by atoms with E-state index in [4.69, 9.17) is 9.47 Å². The van der Waals surface area contributed by atoms with Gasteiger partial charge < -0.3 is 14.8 Å². The van der Waals surface area contributed by atoms with Crippen molar-refractivity contribution in [1.82, 2.24) is 10.3 Å². The number of nitrogens with one attached hydrogen (secondary N) is 1. The quantitative estimate of drug-likeness (QED) is 0.901. The number of methoxy groups -OCH3 is 2. The molecule has 0 spiro atoms. The van der Waals surface area contributed by atoms with Crippen LogP contribution in [0.2, 0.25) is 0 Å². The first-order valence-electron chi connectivity index (χ1n) is 7.16. The number of amides is 1. The predicted octanol–water partition coefficient (Wildman–Crippen LogP) is 1.95. The fraction of sp³-hybridized carbons (Fsp3) is 0.625. The van der Waals surface area contributed by atoms with Gasteiger partial charge in [-0.05, 0) is 25.5 Å². The maximum atomic E-state index is 12.2. The molecule has 1 N–H and O–H groups in total. The van der Waals surface area contributed by atoms with Crippen LogP contribution in [0.15, 0.2) is 18.3 Å². The number of nitrogens with zero attached hydrogens (tertiary/aromatic N) is 1. The molecule has 2 atom stereocenters. The fourth-order valence-corrected chi connectivity index (χ4v) is 2.86. The maximum absolute atomic E-state index is 12.2. The molecule has 1 aromatic rings. The van der Waals surface area contributed by atoms with Gasteiger partial charge in [0.25, 0.3) is 0 Å². The van der Waals surface area contributed by atoms with Crippen LogP contribution in [-0.4, -0.2) is 36.8 Å². The molecular formula is C16H24N2O3. The van der Waals surface area contributed by atoms with Gasteiger partial charge in [-0.2, -0.15) is 0 Å². The minimum Gasteiger partial charge on any atom is -0.495 e. The smallest absolute Gasteiger partial charge is 0.226 e. The van der Waals surface area contributed by atoms with Crippen molar-refractivity contribution in [2.45, 2.75) is 45.3 Å². The van der Waals surface area contributed by atoms with Gasteiger partial charge in [-0.25, -0.2) is 0 Å². The molecule has 116 valence electrons. The first kappa shape index (κ1) is 15.8. The molecule has 0 radical (unpaired) electrons. The molecule has 1 amide bonds. The van der Waals surface area contributed by atoms with E-state index >= 15 is 0 Å². The summed E-state index contributed by atoms with van der Waals surface area (Å²) in [6.45, 7) is 6.32. The van der Waals surface area contributed by atoms with Crippen molar-refractivity contribution in [3.63, 3.8) is 0 Å². The molecule has 0 bridgehead atoms. The monoisotopic (exact) mass is 292 g/mol. The Morgan fingerprint density at radius 2 is 2.14 bits per heavy atom. The first-order chi connectivity index (χ1) is 9.84. The average molecular weight is 292 g/mol. The summed E-state index contributed by atoms with van der Waals surface area (Å²) in [5.41, 5.74) is 0.378. The van der Waals surface area contributed by atoms with E-state index in [1.165, 1.54) is 0 Å². The third-order valence-corrected chi connectivity index (χ3v) is 5.01. The van der Waals surface area contributed by atoms with E-state index in [9.17, 15) is 4.79 Å². The zero-order valence-electron chi connectivity index (χ0n) is 13.4. The van der Waals surface area contributed by atoms with Gasteiger partial charge in [0.05, 0.1) is 24.8 Å². The van der Waals surface area contributed by atoms with E-state index < -0.39 is 0 Å². The molecule has 1 aromatic heterocycles. The number of aromatic nitrogens is 1. The van der Waals surface area contributed by atoms with E-state index in [1.54, 1.807) is 26.5 Å². The minimum atomic E-state index is -0.187. The number of hydrogen-bond donors (Lipinski definition) is 1. The Labute approximate surface area is 126 Å². The molecule has 0 aromatic carbocycles. The number of pyridine rings is 1. The van der Waals surface area contributed by atoms with E-state index in [-0.39, 0.29) is 29.4 Å². The largest absolute Gasteiger partial charge is 0.495 e. The third-order valence-electron chi connectivity index (χ3n) is 5.01. The zero-order chi connectivity index (χ0) is 15.7. The Kier molecular flexibility index (Phi) is 4.23. The fourth-order valence-electron chi connectivity index (χ4n) is 2.86. The molecule has 1 heterocycles. The van der Waals surface area contributed by atoms with Crippen LogP contribution in [0.1, 0.15) is 32.9 Å². The summed E-state index contributed by atoms with van der Waals surface area (Å²) in [7, 11) is 3.30. The van der Waals surface area contributed by atoms with Gasteiger partial charge in [-0.3, -0.25) is 9.78 Å². The molecular weight excluding hydrogens is 268 g/mol. The second-order valence-corrected chi connectivity index (χ2v) is 6.31. The van der Waals surface area contributed by atoms with E-state index in [2.05, 4.69) is 31.1 Å². The zero-order valence-corrected chi connectivity index (χ0v) is 13.4. The average Bonchev–Trinajstić information content (AvgIpc) is 2.47. The lowest BCUT2D eigenvalue weighted by atomic mass is 9.56. The van der Waals surface area contributed by atoms with Crippen LogP contribution in [-0.2, 0) is 16.0 Å². The summed E-state index contributed by atoms with van der Waals surface area (Å²) in [5.74, 6) is 0.602. The van der Waals surface area contributed by atoms with Crippen molar-refractivity contribution in [2.75, 3.05) is 14.2 Å². The van der Waals surface area contributed by atoms with Gasteiger partial charge in [-0.15, -0.1) is 0 Å². The highest BCUT2D eigenvalue weighted by molar-refractivity contribution is 5.79. The summed E-state index contributed by atoms with van der Waals surface area (Å²) < 4.78 is 10.8. The molecule has 5 heteroatoms. The number of hydrogen-bond acceptors (Lipinski definition) is 4. The van der Waals surface area contributed by atoms with Gasteiger partial charge >= 0.3 is 0 Å². The Balaban J connectivity index is 1.98. The first-order valence-corrected chi connectivity index (χ1v) is 7.16. The molecule has 1 fully saturated rings. The minimum absolute atomic E-state index is 0.0387. The Morgan fingerprint density at radius 1 is 1.43 bits per heavy atom. The van der Waals surface area contributed by atoms with Crippen molar-refractivity contribution >= 4 is 5.91 Å². The third kappa shape index (κ3) is 2.75. The molecule has 0 saturated heterocycles. The van der Waals surface area contributed by atoms with Crippen LogP contribution in [0.4, 0.5) is 0 Å². The topological polar surface area (TPSA) is 60.5 Å². The normalized spacial score (nSPS) is 26.8. The van der Waals surface area contributed by atoms with E-state index in [1.807, 2.05) is 6.07 Å². The van der Waals surface area contributed by atoms with E-state index in [0.29, 0.717) is 11.4 Å². The van der Waals surface area contributed by atoms with Crippen LogP contribution in [0.5, 0.6) is 5.75 Å². The molecule has 1 aliphatic rings. The molecule has 0 unspecified atom stereocenters. The lowest BCUT2D eigenvalue weighted by Crippen LogP contribution is -2.68. The maximum Gasteiger partial charge on any atom is 0.226 e. The number of ether oxygens (including phenoxy) is 2. The highest BCUT2D eigenvalue weighted by atomic mass is 16.5. The summed E-state index contributed by atoms with van der Waals surface area (Å²) >= 11 is 0. The predicted molar refractivity (Wildman–Crippen MR) is 80.2 cm³/mol. The Bertz CT molecular complexity index is 530. The van der Waals surface area contributed by atoms with Crippen molar-refractivity contribution in [2.24, 2.45) is 5.41 Å². The van der Waals surface area contributed by atoms with Gasteiger partial charge in [-0.1, -0.05) is 13.8 Å². The van der Waals surface area contributed by atoms with Crippen LogP contribution < -0.4 is 10.1 Å². The molecule has 0 aliphatic heterocycles. The summed E-state index contributed by atoms with van der Waals surface area (Å²) in [5, 5.41) is 3.08. The molecule has 21 heavy (non-hydrogen) atoms. The van der Waals surface area contributed by atoms with Gasteiger partial charge in [0.15, 0.2) is 0 Å². The summed E-state index contributed by atoms with van der Waals surface area (Å²) in [6.07, 6.45) is 2.71. The SMILES string of the molecule is COc1cccnc1CC(=O)N[C@H]1C[C@@](C)(OC)C1(C)C. The van der Waals surface area contributed by atoms with E-state index in [0.717, 1.165) is 6.42 Å². The lowest BCUT2D eigenvalue weighted by molar-refractivity contribution is -0.182. The highest BCUT2D eigenvalue weighted by Gasteiger charge is 2.58. The Morgan fingerprint density at radius 3 is 2.71 bits per heavy atom. The molecule has 1 saturated carbocycles. The summed E-state index contributed by atoms with van der Waals surface area (Å²) in [6, 6.07) is 3.72. The van der Waals surface area contributed by atoms with Crippen molar-refractivity contribution in [3.05, 3.63) is 24.0 Å². The van der Waals surface area contributed by atoms with Crippen LogP contribution in [0, 0.1) is 5.41 Å². The van der Waals surface area contributed by atoms with Gasteiger partial charge in [0.2, 0.25) is 5.91 Å². The highest BCUT2D eigenvalue weighted by Crippen LogP contribution is 2.51. The van der Waals surface area contributed by atoms with Crippen LogP contribution in [0.3, 0.4) is 0 Å². The van der Waals surface area contributed by atoms with Gasteiger partial charge in [0.1, 0.15) is 5.75 Å². The van der Waals surface area contributed by atoms with Crippen molar-refractivity contribution in [1.29, 1.82) is 0 Å². The van der Waals surface area contributed by atoms with Crippen LogP contribution in [0.25, 0.3) is 0 Å². The molecule has 2 rings (SSSR count). The number of carbonyl (C=O) groups is 1. The van der Waals surface area contributed by atoms with Crippen LogP contribution >= 0.6 is 0 Å². The lowest BCUT2D eigenvalue weighted by Gasteiger charge is -2.59. The van der Waals surface area contributed by atoms with Gasteiger partial charge in [0, 0.05) is 24.8 Å². The Hall–Kier alpha value is -1.62. The second-order valence-electron chi connectivity index (χ2n) is 6.31. The molecule has 1 aliphatic carbocycles.